The molecule has 4 nitrogen and oxygen atoms in total. The van der Waals surface area contributed by atoms with E-state index in [1.165, 1.54) is 0 Å². The van der Waals surface area contributed by atoms with Crippen LogP contribution in [0.15, 0.2) is 94.5 Å². The molecule has 0 spiro atoms. The van der Waals surface area contributed by atoms with Crippen LogP contribution in [-0.2, 0) is 32.7 Å². The van der Waals surface area contributed by atoms with Gasteiger partial charge in [0, 0.05) is 76.1 Å². The molecule has 0 saturated carbocycles. The zero-order valence-corrected chi connectivity index (χ0v) is 24.3. The molecule has 2 aromatic heterocycles. The van der Waals surface area contributed by atoms with Crippen molar-refractivity contribution in [2.45, 2.75) is 6.92 Å². The van der Waals surface area contributed by atoms with Crippen molar-refractivity contribution in [1.82, 2.24) is 9.97 Å². The molecule has 9 rings (SSSR count). The van der Waals surface area contributed by atoms with E-state index in [0.29, 0.717) is 32.6 Å². The number of aromatic nitrogens is 2. The number of nitrogens with one attached hydrogen (secondary N) is 2. The van der Waals surface area contributed by atoms with Gasteiger partial charge in [-0.1, -0.05) is 66.2 Å². The summed E-state index contributed by atoms with van der Waals surface area (Å²) in [6, 6.07) is 31.0. The maximum Gasteiger partial charge on any atom is 0.196 e. The molecule has 1 radical (unpaired) electrons. The molecule has 2 N–H and O–H groups in total. The Balaban J connectivity index is 0.00000245. The molecular formula is C35H19N2O2Y-. The van der Waals surface area contributed by atoms with E-state index < -0.39 is 0 Å². The zero-order valence-electron chi connectivity index (χ0n) is 21.5. The summed E-state index contributed by atoms with van der Waals surface area (Å²) in [5, 5.41) is 9.92. The molecule has 0 aliphatic rings. The van der Waals surface area contributed by atoms with Gasteiger partial charge in [0.25, 0.3) is 0 Å². The van der Waals surface area contributed by atoms with Crippen molar-refractivity contribution in [3.05, 3.63) is 117 Å². The van der Waals surface area contributed by atoms with Crippen LogP contribution in [0.25, 0.3) is 86.7 Å². The Bertz CT molecular complexity index is 2670. The van der Waals surface area contributed by atoms with Crippen molar-refractivity contribution in [2.75, 3.05) is 0 Å². The molecule has 9 aromatic rings. The summed E-state index contributed by atoms with van der Waals surface area (Å²) in [5.41, 5.74) is 4.27. The summed E-state index contributed by atoms with van der Waals surface area (Å²) in [4.78, 5) is 36.0. The van der Waals surface area contributed by atoms with E-state index in [0.717, 1.165) is 59.7 Å². The topological polar surface area (TPSA) is 65.7 Å². The van der Waals surface area contributed by atoms with Crippen molar-refractivity contribution in [3.8, 4) is 0 Å². The quantitative estimate of drug-likeness (QED) is 0.108. The van der Waals surface area contributed by atoms with Crippen molar-refractivity contribution in [2.24, 2.45) is 0 Å². The number of hydrogen-bond donors (Lipinski definition) is 2. The number of aromatic amines is 2. The average molecular weight is 588 g/mol. The number of pyridine rings is 2. The van der Waals surface area contributed by atoms with Crippen LogP contribution in [0, 0.1) is 13.0 Å². The van der Waals surface area contributed by atoms with E-state index in [1.54, 1.807) is 0 Å². The standard InChI is InChI=1S/C35H19N2O2.Y/c1-17-14-15-23-25(16-17)37-33-29-27(23)19-9-3-5-11-21(19)34(38)30(29)32-28-26(22-12-6-7-13-24(22)36-32)18-8-2-4-10-20(18)35(39)31(28)33;/h2-6,8-16,36-37H,1H3;/q-1;. The fourth-order valence-electron chi connectivity index (χ4n) is 6.85. The Morgan fingerprint density at radius 2 is 1.07 bits per heavy atom. The van der Waals surface area contributed by atoms with Crippen molar-refractivity contribution >= 4 is 86.7 Å². The summed E-state index contributed by atoms with van der Waals surface area (Å²) in [6.45, 7) is 2.06. The van der Waals surface area contributed by atoms with E-state index >= 15 is 0 Å². The van der Waals surface area contributed by atoms with E-state index in [2.05, 4.69) is 41.2 Å². The van der Waals surface area contributed by atoms with Crippen molar-refractivity contribution in [1.29, 1.82) is 0 Å². The van der Waals surface area contributed by atoms with E-state index in [-0.39, 0.29) is 43.6 Å². The number of rotatable bonds is 0. The molecule has 0 aliphatic carbocycles. The second-order valence-corrected chi connectivity index (χ2v) is 10.5. The fraction of sp³-hybridized carbons (Fsp3) is 0.0286. The number of aryl methyl sites for hydroxylation is 1. The summed E-state index contributed by atoms with van der Waals surface area (Å²) >= 11 is 0. The van der Waals surface area contributed by atoms with Crippen molar-refractivity contribution < 1.29 is 32.7 Å². The number of H-pyrrole nitrogens is 2. The van der Waals surface area contributed by atoms with E-state index in [1.807, 2.05) is 66.7 Å². The maximum absolute atomic E-state index is 14.4. The van der Waals surface area contributed by atoms with Gasteiger partial charge in [0.1, 0.15) is 0 Å². The molecule has 0 atom stereocenters. The predicted octanol–water partition coefficient (Wildman–Crippen LogP) is 7.83. The maximum atomic E-state index is 14.4. The molecule has 0 unspecified atom stereocenters. The summed E-state index contributed by atoms with van der Waals surface area (Å²) < 4.78 is 0. The van der Waals surface area contributed by atoms with Crippen LogP contribution in [0.3, 0.4) is 0 Å². The van der Waals surface area contributed by atoms with Crippen LogP contribution >= 0.6 is 0 Å². The Morgan fingerprint density at radius 3 is 1.68 bits per heavy atom. The number of benzene rings is 7. The monoisotopic (exact) mass is 588 g/mol. The van der Waals surface area contributed by atoms with Gasteiger partial charge in [-0.15, -0.1) is 5.39 Å². The van der Waals surface area contributed by atoms with Gasteiger partial charge in [-0.05, 0) is 34.7 Å². The van der Waals surface area contributed by atoms with Gasteiger partial charge in [-0.2, -0.15) is 24.3 Å². The third-order valence-corrected chi connectivity index (χ3v) is 8.43. The first kappa shape index (κ1) is 23.7. The summed E-state index contributed by atoms with van der Waals surface area (Å²) in [7, 11) is 0. The first-order valence-electron chi connectivity index (χ1n) is 13.0. The molecule has 0 saturated heterocycles. The van der Waals surface area contributed by atoms with Crippen LogP contribution < -0.4 is 10.9 Å². The first-order chi connectivity index (χ1) is 19.1. The molecule has 5 heteroatoms. The van der Waals surface area contributed by atoms with E-state index in [4.69, 9.17) is 0 Å². The van der Waals surface area contributed by atoms with Gasteiger partial charge in [0.15, 0.2) is 10.9 Å². The third kappa shape index (κ3) is 2.83. The third-order valence-electron chi connectivity index (χ3n) is 8.43. The number of hydrogen-bond acceptors (Lipinski definition) is 2. The SMILES string of the molecule is Cc1ccc2c(c1)[nH]c1c3c(=O)c4ccccc4c4c5cc[c-]cc5[nH]c(c5c(=O)c6ccccc6c2c15)c34.[Y]. The minimum Gasteiger partial charge on any atom is -0.407 e. The predicted molar refractivity (Wildman–Crippen MR) is 162 cm³/mol. The molecule has 0 bridgehead atoms. The van der Waals surface area contributed by atoms with Crippen molar-refractivity contribution in [3.63, 3.8) is 0 Å². The van der Waals surface area contributed by atoms with Crippen LogP contribution in [0.4, 0.5) is 0 Å². The molecule has 0 aliphatic heterocycles. The first-order valence-corrected chi connectivity index (χ1v) is 13.0. The smallest absolute Gasteiger partial charge is 0.196 e. The molecule has 2 heterocycles. The van der Waals surface area contributed by atoms with Gasteiger partial charge in [0.05, 0.1) is 16.3 Å². The average Bonchev–Trinajstić information content (AvgIpc) is 2.97. The second-order valence-electron chi connectivity index (χ2n) is 10.5. The molecule has 7 aromatic carbocycles. The number of fused-ring (bicyclic) bond motifs is 10. The Labute approximate surface area is 251 Å². The minimum absolute atomic E-state index is 0. The van der Waals surface area contributed by atoms with Crippen LogP contribution in [0.2, 0.25) is 0 Å². The molecule has 0 fully saturated rings. The van der Waals surface area contributed by atoms with Crippen LogP contribution in [-0.4, -0.2) is 9.97 Å². The molecular weight excluding hydrogens is 569 g/mol. The normalized spacial score (nSPS) is 12.1. The second kappa shape index (κ2) is 8.20. The Kier molecular flexibility index (Phi) is 4.87. The molecule has 40 heavy (non-hydrogen) atoms. The molecule has 185 valence electrons. The van der Waals surface area contributed by atoms with Gasteiger partial charge in [0.2, 0.25) is 0 Å². The van der Waals surface area contributed by atoms with Crippen LogP contribution in [0.1, 0.15) is 5.56 Å². The Morgan fingerprint density at radius 1 is 0.550 bits per heavy atom. The summed E-state index contributed by atoms with van der Waals surface area (Å²) in [6.07, 6.45) is 0. The summed E-state index contributed by atoms with van der Waals surface area (Å²) in [5.74, 6) is 0. The Hall–Kier alpha value is -4.12. The van der Waals surface area contributed by atoms with Gasteiger partial charge >= 0.3 is 0 Å². The zero-order chi connectivity index (χ0) is 26.0. The van der Waals surface area contributed by atoms with Gasteiger partial charge < -0.3 is 9.97 Å². The largest absolute Gasteiger partial charge is 0.407 e. The minimum atomic E-state index is -0.0396. The van der Waals surface area contributed by atoms with Gasteiger partial charge in [-0.3, -0.25) is 9.59 Å². The van der Waals surface area contributed by atoms with Gasteiger partial charge in [-0.25, -0.2) is 0 Å². The van der Waals surface area contributed by atoms with E-state index in [9.17, 15) is 9.59 Å². The fourth-order valence-corrected chi connectivity index (χ4v) is 6.85. The molecule has 0 amide bonds. The van der Waals surface area contributed by atoms with Crippen LogP contribution in [0.5, 0.6) is 0 Å².